The molecule has 0 spiro atoms. The number of carbonyl (C=O) groups is 6. The summed E-state index contributed by atoms with van der Waals surface area (Å²) in [4.78, 5) is 67.9. The smallest absolute Gasteiger partial charge is 1.00 e. The SMILES string of the molecule is C.C.C=CC(=O)OCC(C(=O)OC(C)(C)C)C(=O)OC(C)(C)C.C=CC(=O)OCCBr.CC(C)(C)OC(=O)CC(=O)OC(C)(C)C.[H-].[Na+]. The molecule has 0 aromatic rings. The van der Waals surface area contributed by atoms with E-state index in [2.05, 4.69) is 33.8 Å². The molecule has 0 rings (SSSR count). The standard InChI is InChI=1S/C15H24O6.C11H20O4.C5H7BrO2.2CH4.Na.H/c1-8-11(16)19-9-10(12(17)20-14(2,3)4)13(18)21-15(5,6)7;1-10(2,3)14-8(12)7-9(13)15-11(4,5)6;1-2-5(7)8-4-3-6;;;;/h8,10H,1,9H2,2-7H3;7H2,1-6H3;2H,1,3-4H2;2*1H4;;/q;;;;;+1;-1. The van der Waals surface area contributed by atoms with Crippen molar-refractivity contribution in [3.05, 3.63) is 25.3 Å². The van der Waals surface area contributed by atoms with Gasteiger partial charge in [0.15, 0.2) is 5.92 Å². The Balaban J connectivity index is -0.000000110. The Labute approximate surface area is 314 Å². The molecule has 0 heterocycles. The first-order valence-corrected chi connectivity index (χ1v) is 14.8. The fraction of sp³-hybridized carbons (Fsp3) is 0.697. The van der Waals surface area contributed by atoms with Gasteiger partial charge in [0, 0.05) is 17.5 Å². The van der Waals surface area contributed by atoms with E-state index in [1.807, 2.05) is 0 Å². The van der Waals surface area contributed by atoms with Gasteiger partial charge in [-0.1, -0.05) is 43.9 Å². The average Bonchev–Trinajstić information content (AvgIpc) is 2.78. The van der Waals surface area contributed by atoms with Crippen LogP contribution in [0.3, 0.4) is 0 Å². The first-order chi connectivity index (χ1) is 19.7. The molecule has 0 aliphatic carbocycles. The molecule has 0 aliphatic rings. The quantitative estimate of drug-likeness (QED) is 0.0800. The minimum atomic E-state index is -1.33. The van der Waals surface area contributed by atoms with Gasteiger partial charge in [-0.25, -0.2) is 9.59 Å². The predicted molar refractivity (Wildman–Crippen MR) is 182 cm³/mol. The van der Waals surface area contributed by atoms with E-state index in [-0.39, 0.29) is 58.2 Å². The number of carbonyl (C=O) groups excluding carboxylic acids is 6. The normalized spacial score (nSPS) is 10.5. The number of hydrogen-bond donors (Lipinski definition) is 0. The van der Waals surface area contributed by atoms with Gasteiger partial charge in [-0.2, -0.15) is 0 Å². The Hall–Kier alpha value is -2.22. The minimum Gasteiger partial charge on any atom is -1.00 e. The summed E-state index contributed by atoms with van der Waals surface area (Å²) < 4.78 is 29.6. The summed E-state index contributed by atoms with van der Waals surface area (Å²) in [6.07, 6.45) is 1.75. The topological polar surface area (TPSA) is 158 Å². The number of halogens is 1. The van der Waals surface area contributed by atoms with E-state index in [1.165, 1.54) is 0 Å². The third-order valence-corrected chi connectivity index (χ3v) is 3.88. The van der Waals surface area contributed by atoms with Crippen LogP contribution < -0.4 is 29.6 Å². The maximum atomic E-state index is 12.0. The van der Waals surface area contributed by atoms with Crippen molar-refractivity contribution in [2.75, 3.05) is 18.5 Å². The molecule has 0 bridgehead atoms. The van der Waals surface area contributed by atoms with Crippen LogP contribution in [-0.4, -0.2) is 76.8 Å². The van der Waals surface area contributed by atoms with Crippen molar-refractivity contribution >= 4 is 51.7 Å². The number of rotatable bonds is 10. The average molecular weight is 752 g/mol. The molecule has 0 aromatic heterocycles. The van der Waals surface area contributed by atoms with E-state index < -0.39 is 64.8 Å². The van der Waals surface area contributed by atoms with E-state index >= 15 is 0 Å². The van der Waals surface area contributed by atoms with Crippen LogP contribution in [0.15, 0.2) is 25.3 Å². The van der Waals surface area contributed by atoms with Crippen molar-refractivity contribution in [3.63, 3.8) is 0 Å². The van der Waals surface area contributed by atoms with Crippen molar-refractivity contribution in [3.8, 4) is 0 Å². The molecule has 0 saturated heterocycles. The Morgan fingerprint density at radius 2 is 0.915 bits per heavy atom. The molecule has 0 amide bonds. The molecule has 0 aromatic carbocycles. The second-order valence-electron chi connectivity index (χ2n) is 12.9. The van der Waals surface area contributed by atoms with Crippen LogP contribution >= 0.6 is 15.9 Å². The summed E-state index contributed by atoms with van der Waals surface area (Å²) in [7, 11) is 0. The maximum absolute atomic E-state index is 12.0. The molecular formula is C33H60BrNaO12. The van der Waals surface area contributed by atoms with E-state index in [4.69, 9.17) is 23.7 Å². The summed E-state index contributed by atoms with van der Waals surface area (Å²) in [6.45, 7) is 27.0. The van der Waals surface area contributed by atoms with Gasteiger partial charge in [0.2, 0.25) is 0 Å². The van der Waals surface area contributed by atoms with Crippen LogP contribution in [0.1, 0.15) is 106 Å². The van der Waals surface area contributed by atoms with E-state index in [1.54, 1.807) is 83.1 Å². The Morgan fingerprint density at radius 3 is 1.17 bits per heavy atom. The van der Waals surface area contributed by atoms with Gasteiger partial charge in [-0.05, 0) is 83.1 Å². The van der Waals surface area contributed by atoms with Crippen LogP contribution in [0.2, 0.25) is 0 Å². The van der Waals surface area contributed by atoms with Crippen LogP contribution in [0.4, 0.5) is 0 Å². The van der Waals surface area contributed by atoms with Gasteiger partial charge in [-0.15, -0.1) is 0 Å². The van der Waals surface area contributed by atoms with E-state index in [0.29, 0.717) is 11.9 Å². The van der Waals surface area contributed by atoms with Gasteiger partial charge in [-0.3, -0.25) is 19.2 Å². The first kappa shape index (κ1) is 57.1. The molecule has 0 N–H and O–H groups in total. The molecule has 0 atom stereocenters. The van der Waals surface area contributed by atoms with Crippen molar-refractivity contribution < 1.29 is 88.2 Å². The molecule has 0 fully saturated rings. The van der Waals surface area contributed by atoms with E-state index in [0.717, 1.165) is 12.2 Å². The molecule has 47 heavy (non-hydrogen) atoms. The van der Waals surface area contributed by atoms with E-state index in [9.17, 15) is 28.8 Å². The van der Waals surface area contributed by atoms with Crippen molar-refractivity contribution in [1.29, 1.82) is 0 Å². The zero-order chi connectivity index (χ0) is 35.5. The third-order valence-electron chi connectivity index (χ3n) is 3.56. The second kappa shape index (κ2) is 26.7. The first-order valence-electron chi connectivity index (χ1n) is 13.7. The van der Waals surface area contributed by atoms with Gasteiger partial charge in [0.1, 0.15) is 42.0 Å². The molecule has 14 heteroatoms. The van der Waals surface area contributed by atoms with Gasteiger partial charge in [0.05, 0.1) is 0 Å². The largest absolute Gasteiger partial charge is 1.00 e. The Morgan fingerprint density at radius 1 is 0.617 bits per heavy atom. The van der Waals surface area contributed by atoms with Gasteiger partial charge in [0.25, 0.3) is 0 Å². The Bertz CT molecular complexity index is 935. The molecule has 0 radical (unpaired) electrons. The number of esters is 6. The monoisotopic (exact) mass is 750 g/mol. The Kier molecular flexibility index (Phi) is 32.4. The van der Waals surface area contributed by atoms with Crippen molar-refractivity contribution in [2.45, 2.75) is 127 Å². The molecule has 0 unspecified atom stereocenters. The second-order valence-corrected chi connectivity index (χ2v) is 13.7. The van der Waals surface area contributed by atoms with Crippen LogP contribution in [0.25, 0.3) is 0 Å². The van der Waals surface area contributed by atoms with Crippen LogP contribution in [0.5, 0.6) is 0 Å². The summed E-state index contributed by atoms with van der Waals surface area (Å²) in [5.41, 5.74) is -2.67. The summed E-state index contributed by atoms with van der Waals surface area (Å²) >= 11 is 3.10. The number of ether oxygens (including phenoxy) is 6. The van der Waals surface area contributed by atoms with Crippen molar-refractivity contribution in [2.24, 2.45) is 5.92 Å². The van der Waals surface area contributed by atoms with Crippen LogP contribution in [0, 0.1) is 5.92 Å². The summed E-state index contributed by atoms with van der Waals surface area (Å²) in [5.74, 6) is -5.14. The summed E-state index contributed by atoms with van der Waals surface area (Å²) in [5, 5.41) is 0.673. The molecule has 0 aliphatic heterocycles. The third kappa shape index (κ3) is 41.8. The molecule has 272 valence electrons. The van der Waals surface area contributed by atoms with Crippen LogP contribution in [-0.2, 0) is 57.2 Å². The molecule has 0 saturated carbocycles. The zero-order valence-electron chi connectivity index (χ0n) is 30.3. The molecular weight excluding hydrogens is 691 g/mol. The van der Waals surface area contributed by atoms with Crippen molar-refractivity contribution in [1.82, 2.24) is 0 Å². The van der Waals surface area contributed by atoms with Gasteiger partial charge >= 0.3 is 65.4 Å². The predicted octanol–water partition coefficient (Wildman–Crippen LogP) is 3.57. The maximum Gasteiger partial charge on any atom is 1.00 e. The fourth-order valence-corrected chi connectivity index (χ4v) is 2.44. The summed E-state index contributed by atoms with van der Waals surface area (Å²) in [6, 6.07) is 0. The van der Waals surface area contributed by atoms with Gasteiger partial charge < -0.3 is 29.8 Å². The molecule has 12 nitrogen and oxygen atoms in total. The fourth-order valence-electron chi connectivity index (χ4n) is 2.27. The number of alkyl halides is 1. The zero-order valence-corrected chi connectivity index (χ0v) is 32.8. The minimum absolute atomic E-state index is 0. The number of hydrogen-bond acceptors (Lipinski definition) is 12.